The largest absolute Gasteiger partial charge is 0.350 e. The van der Waals surface area contributed by atoms with Crippen LogP contribution < -0.4 is 10.6 Å². The summed E-state index contributed by atoms with van der Waals surface area (Å²) in [6, 6.07) is 14.0. The summed E-state index contributed by atoms with van der Waals surface area (Å²) in [6.45, 7) is 6.08. The Hall–Kier alpha value is -2.33. The van der Waals surface area contributed by atoms with Gasteiger partial charge < -0.3 is 10.6 Å². The van der Waals surface area contributed by atoms with Crippen molar-refractivity contribution >= 4 is 23.4 Å². The third kappa shape index (κ3) is 5.33. The van der Waals surface area contributed by atoms with Crippen molar-refractivity contribution in [3.8, 4) is 0 Å². The Morgan fingerprint density at radius 2 is 1.68 bits per heavy atom. The fraction of sp³-hybridized carbons (Fsp3) is 0.300. The Labute approximate surface area is 153 Å². The lowest BCUT2D eigenvalue weighted by Gasteiger charge is -2.22. The van der Waals surface area contributed by atoms with Gasteiger partial charge in [-0.15, -0.1) is 0 Å². The normalized spacial score (nSPS) is 11.9. The van der Waals surface area contributed by atoms with Gasteiger partial charge in [-0.3, -0.25) is 9.59 Å². The van der Waals surface area contributed by atoms with Gasteiger partial charge in [-0.25, -0.2) is 0 Å². The number of carbonyl (C=O) groups excluding carboxylic acids is 2. The summed E-state index contributed by atoms with van der Waals surface area (Å²) >= 11 is 6.11. The van der Waals surface area contributed by atoms with Crippen molar-refractivity contribution in [1.29, 1.82) is 0 Å². The maximum absolute atomic E-state index is 12.5. The van der Waals surface area contributed by atoms with E-state index >= 15 is 0 Å². The molecule has 0 saturated heterocycles. The summed E-state index contributed by atoms with van der Waals surface area (Å²) in [7, 11) is 0. The Morgan fingerprint density at radius 1 is 1.04 bits per heavy atom. The quantitative estimate of drug-likeness (QED) is 0.826. The van der Waals surface area contributed by atoms with Crippen molar-refractivity contribution < 1.29 is 9.59 Å². The topological polar surface area (TPSA) is 58.2 Å². The van der Waals surface area contributed by atoms with Crippen LogP contribution in [0.15, 0.2) is 48.5 Å². The van der Waals surface area contributed by atoms with Crippen molar-refractivity contribution in [2.45, 2.75) is 33.4 Å². The van der Waals surface area contributed by atoms with Crippen LogP contribution in [0.5, 0.6) is 0 Å². The number of hydrogen-bond acceptors (Lipinski definition) is 2. The Balaban J connectivity index is 2.01. The summed E-state index contributed by atoms with van der Waals surface area (Å²) in [6.07, 6.45) is 0. The molecule has 5 heteroatoms. The summed E-state index contributed by atoms with van der Waals surface area (Å²) in [5.41, 5.74) is 2.45. The monoisotopic (exact) mass is 358 g/mol. The molecule has 4 nitrogen and oxygen atoms in total. The fourth-order valence-corrected chi connectivity index (χ4v) is 2.60. The number of hydrogen-bond donors (Lipinski definition) is 2. The van der Waals surface area contributed by atoms with Crippen LogP contribution in [-0.4, -0.2) is 17.9 Å². The number of carbonyl (C=O) groups is 2. The van der Waals surface area contributed by atoms with Crippen LogP contribution in [0, 0.1) is 12.8 Å². The van der Waals surface area contributed by atoms with Gasteiger partial charge in [0, 0.05) is 17.1 Å². The van der Waals surface area contributed by atoms with Crippen molar-refractivity contribution in [2.75, 3.05) is 0 Å². The lowest BCUT2D eigenvalue weighted by molar-refractivity contribution is -0.124. The van der Waals surface area contributed by atoms with Crippen LogP contribution in [-0.2, 0) is 11.3 Å². The van der Waals surface area contributed by atoms with E-state index < -0.39 is 6.04 Å². The molecule has 0 fully saturated rings. The molecule has 132 valence electrons. The molecule has 0 aliphatic carbocycles. The molecule has 2 aromatic carbocycles. The Kier molecular flexibility index (Phi) is 6.59. The first-order valence-electron chi connectivity index (χ1n) is 8.27. The molecule has 0 heterocycles. The molecule has 0 bridgehead atoms. The minimum absolute atomic E-state index is 0.0411. The van der Waals surface area contributed by atoms with E-state index in [0.717, 1.165) is 11.1 Å². The van der Waals surface area contributed by atoms with Gasteiger partial charge in [-0.1, -0.05) is 61.3 Å². The van der Waals surface area contributed by atoms with Gasteiger partial charge in [-0.05, 0) is 36.6 Å². The molecule has 0 aliphatic heterocycles. The van der Waals surface area contributed by atoms with Gasteiger partial charge in [0.15, 0.2) is 0 Å². The van der Waals surface area contributed by atoms with Crippen molar-refractivity contribution in [2.24, 2.45) is 5.92 Å². The zero-order valence-electron chi connectivity index (χ0n) is 14.7. The van der Waals surface area contributed by atoms with Crippen molar-refractivity contribution in [3.63, 3.8) is 0 Å². The first-order valence-corrected chi connectivity index (χ1v) is 8.65. The first kappa shape index (κ1) is 19.0. The molecule has 0 saturated carbocycles. The lowest BCUT2D eigenvalue weighted by Crippen LogP contribution is -2.49. The maximum Gasteiger partial charge on any atom is 0.251 e. The van der Waals surface area contributed by atoms with Crippen LogP contribution in [0.2, 0.25) is 5.02 Å². The molecular weight excluding hydrogens is 336 g/mol. The minimum Gasteiger partial charge on any atom is -0.350 e. The smallest absolute Gasteiger partial charge is 0.251 e. The van der Waals surface area contributed by atoms with Crippen LogP contribution in [0.25, 0.3) is 0 Å². The van der Waals surface area contributed by atoms with Crippen LogP contribution >= 0.6 is 11.6 Å². The number of rotatable bonds is 6. The molecule has 2 amide bonds. The number of halogens is 1. The number of aryl methyl sites for hydroxylation is 1. The van der Waals surface area contributed by atoms with E-state index in [-0.39, 0.29) is 17.7 Å². The summed E-state index contributed by atoms with van der Waals surface area (Å²) in [5, 5.41) is 6.27. The van der Waals surface area contributed by atoms with E-state index in [9.17, 15) is 9.59 Å². The standard InChI is InChI=1S/C20H23ClN2O2/c1-13(2)18(23-19(24)15-10-8-14(3)9-11-15)20(25)22-12-16-6-4-5-7-17(16)21/h4-11,13,18H,12H2,1-3H3,(H,22,25)(H,23,24). The molecule has 0 spiro atoms. The highest BCUT2D eigenvalue weighted by Gasteiger charge is 2.24. The third-order valence-electron chi connectivity index (χ3n) is 3.96. The van der Waals surface area contributed by atoms with Gasteiger partial charge in [0.1, 0.15) is 6.04 Å². The predicted octanol–water partition coefficient (Wildman–Crippen LogP) is 3.72. The molecule has 1 unspecified atom stereocenters. The summed E-state index contributed by atoms with van der Waals surface area (Å²) in [4.78, 5) is 24.9. The Morgan fingerprint density at radius 3 is 2.28 bits per heavy atom. The van der Waals surface area contributed by atoms with Gasteiger partial charge in [0.05, 0.1) is 0 Å². The fourth-order valence-electron chi connectivity index (χ4n) is 2.40. The van der Waals surface area contributed by atoms with Crippen LogP contribution in [0.1, 0.15) is 35.3 Å². The lowest BCUT2D eigenvalue weighted by atomic mass is 10.0. The van der Waals surface area contributed by atoms with Gasteiger partial charge >= 0.3 is 0 Å². The second-order valence-corrected chi connectivity index (χ2v) is 6.78. The van der Waals surface area contributed by atoms with E-state index in [1.54, 1.807) is 18.2 Å². The highest BCUT2D eigenvalue weighted by Crippen LogP contribution is 2.14. The molecule has 0 aliphatic rings. The molecule has 0 aromatic heterocycles. The minimum atomic E-state index is -0.615. The summed E-state index contributed by atoms with van der Waals surface area (Å²) < 4.78 is 0. The first-order chi connectivity index (χ1) is 11.9. The predicted molar refractivity (Wildman–Crippen MR) is 101 cm³/mol. The highest BCUT2D eigenvalue weighted by atomic mass is 35.5. The SMILES string of the molecule is Cc1ccc(C(=O)NC(C(=O)NCc2ccccc2Cl)C(C)C)cc1. The molecule has 2 aromatic rings. The van der Waals surface area contributed by atoms with Gasteiger partial charge in [0.25, 0.3) is 5.91 Å². The van der Waals surface area contributed by atoms with Gasteiger partial charge in [-0.2, -0.15) is 0 Å². The van der Waals surface area contributed by atoms with E-state index in [0.29, 0.717) is 17.1 Å². The van der Waals surface area contributed by atoms with Crippen LogP contribution in [0.4, 0.5) is 0 Å². The van der Waals surface area contributed by atoms with Crippen molar-refractivity contribution in [1.82, 2.24) is 10.6 Å². The number of amides is 2. The zero-order valence-corrected chi connectivity index (χ0v) is 15.4. The van der Waals surface area contributed by atoms with E-state index in [1.165, 1.54) is 0 Å². The average molecular weight is 359 g/mol. The van der Waals surface area contributed by atoms with Crippen molar-refractivity contribution in [3.05, 3.63) is 70.2 Å². The highest BCUT2D eigenvalue weighted by molar-refractivity contribution is 6.31. The molecule has 0 radical (unpaired) electrons. The van der Waals surface area contributed by atoms with E-state index in [2.05, 4.69) is 10.6 Å². The zero-order chi connectivity index (χ0) is 18.4. The molecule has 1 atom stereocenters. The summed E-state index contributed by atoms with van der Waals surface area (Å²) in [5.74, 6) is -0.525. The maximum atomic E-state index is 12.5. The number of nitrogens with one attached hydrogen (secondary N) is 2. The number of benzene rings is 2. The third-order valence-corrected chi connectivity index (χ3v) is 4.33. The molecular formula is C20H23ClN2O2. The van der Waals surface area contributed by atoms with Gasteiger partial charge in [0.2, 0.25) is 5.91 Å². The van der Waals surface area contributed by atoms with E-state index in [1.807, 2.05) is 51.1 Å². The molecule has 2 rings (SSSR count). The average Bonchev–Trinajstić information content (AvgIpc) is 2.58. The van der Waals surface area contributed by atoms with E-state index in [4.69, 9.17) is 11.6 Å². The Bertz CT molecular complexity index is 742. The second-order valence-electron chi connectivity index (χ2n) is 6.37. The second kappa shape index (κ2) is 8.67. The molecule has 25 heavy (non-hydrogen) atoms. The molecule has 2 N–H and O–H groups in total. The van der Waals surface area contributed by atoms with Crippen LogP contribution in [0.3, 0.4) is 0 Å².